The molecule has 0 aromatic carbocycles. The third-order valence-electron chi connectivity index (χ3n) is 2.73. The average Bonchev–Trinajstić information content (AvgIpc) is 2.68. The number of aliphatic hydroxyl groups excluding tert-OH is 1. The van der Waals surface area contributed by atoms with Crippen LogP contribution in [0.1, 0.15) is 10.4 Å². The molecule has 3 unspecified atom stereocenters. The number of nitrogens with two attached hydrogens (primary N) is 1. The van der Waals surface area contributed by atoms with Crippen molar-refractivity contribution in [2.45, 2.75) is 18.2 Å². The van der Waals surface area contributed by atoms with E-state index < -0.39 is 12.2 Å². The molecule has 0 spiro atoms. The van der Waals surface area contributed by atoms with Gasteiger partial charge in [0, 0.05) is 24.5 Å². The molecule has 1 aliphatic heterocycles. The predicted octanol–water partition coefficient (Wildman–Crippen LogP) is -1.10. The minimum absolute atomic E-state index is 0.219. The molecule has 0 radical (unpaired) electrons. The molecule has 6 heteroatoms. The molecule has 1 aliphatic rings. The van der Waals surface area contributed by atoms with Crippen LogP contribution >= 0.6 is 0 Å². The summed E-state index contributed by atoms with van der Waals surface area (Å²) in [6.45, 7) is 0.562. The quantitative estimate of drug-likeness (QED) is 0.620. The molecule has 1 aromatic rings. The van der Waals surface area contributed by atoms with Gasteiger partial charge in [0.05, 0.1) is 18.8 Å². The Bertz CT molecular complexity index is 385. The van der Waals surface area contributed by atoms with Gasteiger partial charge in [-0.1, -0.05) is 0 Å². The first-order valence-electron chi connectivity index (χ1n) is 5.42. The zero-order valence-electron chi connectivity index (χ0n) is 9.24. The molecule has 17 heavy (non-hydrogen) atoms. The lowest BCUT2D eigenvalue weighted by Crippen LogP contribution is -2.42. The van der Waals surface area contributed by atoms with Gasteiger partial charge in [-0.2, -0.15) is 0 Å². The minimum Gasteiger partial charge on any atom is -0.389 e. The number of rotatable bonds is 3. The molecule has 2 rings (SSSR count). The second-order valence-electron chi connectivity index (χ2n) is 3.97. The Morgan fingerprint density at radius 1 is 1.59 bits per heavy atom. The number of aliphatic hydroxyl groups is 1. The van der Waals surface area contributed by atoms with Gasteiger partial charge in [-0.3, -0.25) is 9.78 Å². The number of carbonyl (C=O) groups is 1. The monoisotopic (exact) mass is 237 g/mol. The summed E-state index contributed by atoms with van der Waals surface area (Å²) >= 11 is 0. The van der Waals surface area contributed by atoms with Crippen molar-refractivity contribution < 1.29 is 14.6 Å². The Labute approximate surface area is 98.8 Å². The second kappa shape index (κ2) is 5.22. The van der Waals surface area contributed by atoms with Crippen LogP contribution in [-0.4, -0.2) is 47.4 Å². The molecular weight excluding hydrogens is 222 g/mol. The first-order valence-corrected chi connectivity index (χ1v) is 5.42. The lowest BCUT2D eigenvalue weighted by molar-refractivity contribution is 0.0407. The molecule has 1 aromatic heterocycles. The highest BCUT2D eigenvalue weighted by Gasteiger charge is 2.33. The van der Waals surface area contributed by atoms with Crippen molar-refractivity contribution in [3.05, 3.63) is 30.1 Å². The Hall–Kier alpha value is -1.50. The van der Waals surface area contributed by atoms with Crippen LogP contribution in [0, 0.1) is 0 Å². The number of pyridine rings is 1. The van der Waals surface area contributed by atoms with Crippen molar-refractivity contribution >= 4 is 5.91 Å². The number of nitrogens with zero attached hydrogens (tertiary/aromatic N) is 1. The summed E-state index contributed by atoms with van der Waals surface area (Å²) < 4.78 is 5.26. The van der Waals surface area contributed by atoms with Gasteiger partial charge < -0.3 is 20.9 Å². The Balaban J connectivity index is 1.85. The average molecular weight is 237 g/mol. The summed E-state index contributed by atoms with van der Waals surface area (Å²) in [6, 6.07) is 2.86. The first-order chi connectivity index (χ1) is 8.18. The van der Waals surface area contributed by atoms with Gasteiger partial charge in [0.1, 0.15) is 6.10 Å². The van der Waals surface area contributed by atoms with E-state index in [4.69, 9.17) is 10.5 Å². The minimum atomic E-state index is -0.729. The molecule has 0 aliphatic carbocycles. The number of aromatic nitrogens is 1. The van der Waals surface area contributed by atoms with Crippen molar-refractivity contribution in [1.29, 1.82) is 0 Å². The smallest absolute Gasteiger partial charge is 0.251 e. The summed E-state index contributed by atoms with van der Waals surface area (Å²) in [5.74, 6) is -0.219. The van der Waals surface area contributed by atoms with Crippen molar-refractivity contribution in [2.75, 3.05) is 13.2 Å². The van der Waals surface area contributed by atoms with E-state index in [-0.39, 0.29) is 18.5 Å². The fraction of sp³-hybridized carbons (Fsp3) is 0.455. The maximum atomic E-state index is 11.7. The highest BCUT2D eigenvalue weighted by Crippen LogP contribution is 2.11. The van der Waals surface area contributed by atoms with Crippen LogP contribution in [0.25, 0.3) is 0 Å². The van der Waals surface area contributed by atoms with Crippen LogP contribution in [0.5, 0.6) is 0 Å². The van der Waals surface area contributed by atoms with Gasteiger partial charge in [0.15, 0.2) is 0 Å². The maximum absolute atomic E-state index is 11.7. The molecular formula is C11H15N3O3. The molecule has 6 nitrogen and oxygen atoms in total. The van der Waals surface area contributed by atoms with Crippen LogP contribution in [0.3, 0.4) is 0 Å². The number of hydrogen-bond acceptors (Lipinski definition) is 5. The third-order valence-corrected chi connectivity index (χ3v) is 2.73. The van der Waals surface area contributed by atoms with E-state index in [2.05, 4.69) is 10.3 Å². The topological polar surface area (TPSA) is 97.5 Å². The van der Waals surface area contributed by atoms with Gasteiger partial charge in [-0.15, -0.1) is 0 Å². The van der Waals surface area contributed by atoms with E-state index in [1.165, 1.54) is 0 Å². The summed E-state index contributed by atoms with van der Waals surface area (Å²) in [7, 11) is 0. The third kappa shape index (κ3) is 2.79. The Kier molecular flexibility index (Phi) is 3.68. The molecule has 92 valence electrons. The number of carbonyl (C=O) groups excluding carboxylic acids is 1. The molecule has 2 heterocycles. The number of ether oxygens (including phenoxy) is 1. The van der Waals surface area contributed by atoms with Crippen molar-refractivity contribution in [3.8, 4) is 0 Å². The molecule has 4 N–H and O–H groups in total. The van der Waals surface area contributed by atoms with E-state index in [0.29, 0.717) is 12.2 Å². The number of nitrogens with one attached hydrogen (secondary N) is 1. The van der Waals surface area contributed by atoms with E-state index in [1.807, 2.05) is 0 Å². The summed E-state index contributed by atoms with van der Waals surface area (Å²) in [5.41, 5.74) is 6.11. The zero-order valence-corrected chi connectivity index (χ0v) is 9.24. The van der Waals surface area contributed by atoms with Gasteiger partial charge in [-0.25, -0.2) is 0 Å². The van der Waals surface area contributed by atoms with Gasteiger partial charge in [0.2, 0.25) is 0 Å². The fourth-order valence-corrected chi connectivity index (χ4v) is 1.69. The van der Waals surface area contributed by atoms with Crippen LogP contribution in [0.2, 0.25) is 0 Å². The molecule has 1 saturated heterocycles. The van der Waals surface area contributed by atoms with E-state index in [1.54, 1.807) is 24.5 Å². The van der Waals surface area contributed by atoms with Gasteiger partial charge >= 0.3 is 0 Å². The normalized spacial score (nSPS) is 28.0. The van der Waals surface area contributed by atoms with Crippen LogP contribution in [0.15, 0.2) is 24.5 Å². The molecule has 3 atom stereocenters. The van der Waals surface area contributed by atoms with Crippen molar-refractivity contribution in [1.82, 2.24) is 10.3 Å². The van der Waals surface area contributed by atoms with Gasteiger partial charge in [-0.05, 0) is 12.1 Å². The molecule has 1 amide bonds. The van der Waals surface area contributed by atoms with Crippen LogP contribution < -0.4 is 11.1 Å². The molecule has 1 fully saturated rings. The van der Waals surface area contributed by atoms with Crippen LogP contribution in [0.4, 0.5) is 0 Å². The lowest BCUT2D eigenvalue weighted by Gasteiger charge is -2.15. The first kappa shape index (κ1) is 12.0. The Morgan fingerprint density at radius 2 is 2.29 bits per heavy atom. The summed E-state index contributed by atoms with van der Waals surface area (Å²) in [4.78, 5) is 15.5. The van der Waals surface area contributed by atoms with E-state index in [0.717, 1.165) is 0 Å². The SMILES string of the molecule is NC1COC(CNC(=O)c2ccncc2)C1O. The lowest BCUT2D eigenvalue weighted by atomic mass is 10.1. The Morgan fingerprint density at radius 3 is 2.88 bits per heavy atom. The number of amides is 1. The zero-order chi connectivity index (χ0) is 12.3. The van der Waals surface area contributed by atoms with Crippen molar-refractivity contribution in [2.24, 2.45) is 5.73 Å². The van der Waals surface area contributed by atoms with Crippen LogP contribution in [-0.2, 0) is 4.74 Å². The largest absolute Gasteiger partial charge is 0.389 e. The predicted molar refractivity (Wildman–Crippen MR) is 60.3 cm³/mol. The molecule has 0 bridgehead atoms. The van der Waals surface area contributed by atoms with E-state index >= 15 is 0 Å². The summed E-state index contributed by atoms with van der Waals surface area (Å²) in [5, 5.41) is 12.3. The summed E-state index contributed by atoms with van der Waals surface area (Å²) in [6.07, 6.45) is 1.93. The molecule has 0 saturated carbocycles. The van der Waals surface area contributed by atoms with Gasteiger partial charge in [0.25, 0.3) is 5.91 Å². The number of hydrogen-bond donors (Lipinski definition) is 3. The second-order valence-corrected chi connectivity index (χ2v) is 3.97. The van der Waals surface area contributed by atoms with Crippen molar-refractivity contribution in [3.63, 3.8) is 0 Å². The standard InChI is InChI=1S/C11H15N3O3/c12-8-6-17-9(10(8)15)5-14-11(16)7-1-3-13-4-2-7/h1-4,8-10,15H,5-6,12H2,(H,14,16). The highest BCUT2D eigenvalue weighted by atomic mass is 16.5. The fourth-order valence-electron chi connectivity index (χ4n) is 1.69. The van der Waals surface area contributed by atoms with E-state index in [9.17, 15) is 9.90 Å². The maximum Gasteiger partial charge on any atom is 0.251 e. The highest BCUT2D eigenvalue weighted by molar-refractivity contribution is 5.93.